The fourth-order valence-electron chi connectivity index (χ4n) is 4.02. The van der Waals surface area contributed by atoms with Gasteiger partial charge in [-0.15, -0.1) is 0 Å². The molecule has 2 amide bonds. The van der Waals surface area contributed by atoms with Crippen molar-refractivity contribution in [3.63, 3.8) is 0 Å². The molecule has 0 spiro atoms. The highest BCUT2D eigenvalue weighted by atomic mass is 35.5. The van der Waals surface area contributed by atoms with Crippen LogP contribution in [0, 0.1) is 5.92 Å². The topological polar surface area (TPSA) is 86.8 Å². The number of benzene rings is 3. The molecule has 0 aliphatic heterocycles. The summed E-state index contributed by atoms with van der Waals surface area (Å²) in [6.45, 7) is 7.53. The molecule has 0 heterocycles. The van der Waals surface area contributed by atoms with E-state index in [1.54, 1.807) is 55.5 Å². The Hall–Kier alpha value is -3.07. The van der Waals surface area contributed by atoms with Gasteiger partial charge in [0.1, 0.15) is 12.6 Å². The summed E-state index contributed by atoms with van der Waals surface area (Å²) in [4.78, 5) is 28.4. The van der Waals surface area contributed by atoms with Crippen molar-refractivity contribution in [2.45, 2.75) is 51.6 Å². The molecule has 10 heteroatoms. The van der Waals surface area contributed by atoms with E-state index < -0.39 is 28.5 Å². The number of nitrogens with one attached hydrogen (secondary N) is 1. The predicted molar refractivity (Wildman–Crippen MR) is 161 cm³/mol. The summed E-state index contributed by atoms with van der Waals surface area (Å²) in [7, 11) is -4.11. The third-order valence-corrected chi connectivity index (χ3v) is 8.96. The third-order valence-electron chi connectivity index (χ3n) is 6.43. The second-order valence-corrected chi connectivity index (χ2v) is 12.6. The van der Waals surface area contributed by atoms with E-state index in [4.69, 9.17) is 23.2 Å². The van der Waals surface area contributed by atoms with Crippen molar-refractivity contribution in [3.8, 4) is 0 Å². The summed E-state index contributed by atoms with van der Waals surface area (Å²) >= 11 is 12.3. The standard InChI is InChI=1S/C30H35Cl2N3O4S/c1-5-23-11-14-25(15-12-23)35(40(38,39)26-9-7-6-8-10-26)20-29(36)34(22(4)30(37)33-18-21(2)3)19-24-13-16-27(31)28(32)17-24/h6-17,21-22H,5,18-20H2,1-4H3,(H,33,37). The molecule has 0 bridgehead atoms. The molecule has 1 N–H and O–H groups in total. The van der Waals surface area contributed by atoms with Crippen molar-refractivity contribution >= 4 is 50.7 Å². The zero-order chi connectivity index (χ0) is 29.4. The average molecular weight is 605 g/mol. The van der Waals surface area contributed by atoms with Gasteiger partial charge < -0.3 is 10.2 Å². The van der Waals surface area contributed by atoms with Gasteiger partial charge in [-0.1, -0.05) is 80.4 Å². The molecule has 0 saturated carbocycles. The summed E-state index contributed by atoms with van der Waals surface area (Å²) in [6, 6.07) is 19.1. The molecular weight excluding hydrogens is 569 g/mol. The van der Waals surface area contributed by atoms with Gasteiger partial charge in [0.15, 0.2) is 0 Å². The van der Waals surface area contributed by atoms with E-state index in [1.165, 1.54) is 17.0 Å². The van der Waals surface area contributed by atoms with Crippen LogP contribution in [-0.2, 0) is 32.6 Å². The molecule has 7 nitrogen and oxygen atoms in total. The molecule has 0 aliphatic carbocycles. The summed E-state index contributed by atoms with van der Waals surface area (Å²) in [5.74, 6) is -0.669. The molecule has 0 saturated heterocycles. The Morgan fingerprint density at radius 2 is 1.50 bits per heavy atom. The minimum absolute atomic E-state index is 0.0278. The smallest absolute Gasteiger partial charge is 0.264 e. The highest BCUT2D eigenvalue weighted by Crippen LogP contribution is 2.26. The van der Waals surface area contributed by atoms with Crippen LogP contribution >= 0.6 is 23.2 Å². The molecule has 1 atom stereocenters. The molecule has 0 fully saturated rings. The Bertz CT molecular complexity index is 1410. The summed E-state index contributed by atoms with van der Waals surface area (Å²) in [6.07, 6.45) is 0.783. The van der Waals surface area contributed by atoms with Gasteiger partial charge in [0.2, 0.25) is 11.8 Å². The van der Waals surface area contributed by atoms with Gasteiger partial charge in [-0.2, -0.15) is 0 Å². The van der Waals surface area contributed by atoms with Crippen LogP contribution < -0.4 is 9.62 Å². The minimum atomic E-state index is -4.11. The normalized spacial score (nSPS) is 12.2. The van der Waals surface area contributed by atoms with Crippen LogP contribution in [0.4, 0.5) is 5.69 Å². The number of amides is 2. The molecule has 1 unspecified atom stereocenters. The fourth-order valence-corrected chi connectivity index (χ4v) is 5.77. The first-order valence-electron chi connectivity index (χ1n) is 13.1. The van der Waals surface area contributed by atoms with Crippen molar-refractivity contribution in [1.82, 2.24) is 10.2 Å². The quantitative estimate of drug-likeness (QED) is 0.277. The van der Waals surface area contributed by atoms with E-state index in [0.717, 1.165) is 16.3 Å². The van der Waals surface area contributed by atoms with E-state index in [0.29, 0.717) is 27.8 Å². The molecule has 0 aliphatic rings. The van der Waals surface area contributed by atoms with Crippen LogP contribution in [0.3, 0.4) is 0 Å². The number of sulfonamides is 1. The van der Waals surface area contributed by atoms with Crippen LogP contribution in [0.2, 0.25) is 10.0 Å². The monoisotopic (exact) mass is 603 g/mol. The molecule has 214 valence electrons. The largest absolute Gasteiger partial charge is 0.354 e. The van der Waals surface area contributed by atoms with Gasteiger partial charge in [0.25, 0.3) is 10.0 Å². The minimum Gasteiger partial charge on any atom is -0.354 e. The SMILES string of the molecule is CCc1ccc(N(CC(=O)N(Cc2ccc(Cl)c(Cl)c2)C(C)C(=O)NCC(C)C)S(=O)(=O)c2ccccc2)cc1. The number of hydrogen-bond donors (Lipinski definition) is 1. The maximum atomic E-state index is 13.9. The fraction of sp³-hybridized carbons (Fsp3) is 0.333. The molecule has 0 aromatic heterocycles. The van der Waals surface area contributed by atoms with Crippen LogP contribution in [0.5, 0.6) is 0 Å². The van der Waals surface area contributed by atoms with Crippen molar-refractivity contribution < 1.29 is 18.0 Å². The van der Waals surface area contributed by atoms with Crippen molar-refractivity contribution in [2.75, 3.05) is 17.4 Å². The number of carbonyl (C=O) groups excluding carboxylic acids is 2. The number of nitrogens with zero attached hydrogens (tertiary/aromatic N) is 2. The molecular formula is C30H35Cl2N3O4S. The second-order valence-electron chi connectivity index (χ2n) is 9.93. The molecule has 40 heavy (non-hydrogen) atoms. The Labute approximate surface area is 247 Å². The van der Waals surface area contributed by atoms with Gasteiger partial charge in [-0.3, -0.25) is 13.9 Å². The first-order chi connectivity index (χ1) is 18.9. The summed E-state index contributed by atoms with van der Waals surface area (Å²) in [5.41, 5.74) is 2.03. The van der Waals surface area contributed by atoms with E-state index in [2.05, 4.69) is 5.32 Å². The summed E-state index contributed by atoms with van der Waals surface area (Å²) in [5, 5.41) is 3.54. The van der Waals surface area contributed by atoms with Gasteiger partial charge in [0, 0.05) is 13.1 Å². The van der Waals surface area contributed by atoms with Crippen LogP contribution in [0.1, 0.15) is 38.8 Å². The lowest BCUT2D eigenvalue weighted by Crippen LogP contribution is -2.51. The molecule has 3 rings (SSSR count). The number of anilines is 1. The lowest BCUT2D eigenvalue weighted by Gasteiger charge is -2.32. The second kappa shape index (κ2) is 14.0. The van der Waals surface area contributed by atoms with Crippen LogP contribution in [0.25, 0.3) is 0 Å². The number of hydrogen-bond acceptors (Lipinski definition) is 4. The van der Waals surface area contributed by atoms with Crippen molar-refractivity contribution in [3.05, 3.63) is 94.0 Å². The zero-order valence-corrected chi connectivity index (χ0v) is 25.4. The first kappa shape index (κ1) is 31.5. The predicted octanol–water partition coefficient (Wildman–Crippen LogP) is 5.94. The number of halogens is 2. The average Bonchev–Trinajstić information content (AvgIpc) is 2.95. The van der Waals surface area contributed by atoms with Gasteiger partial charge >= 0.3 is 0 Å². The summed E-state index contributed by atoms with van der Waals surface area (Å²) < 4.78 is 28.7. The third kappa shape index (κ3) is 7.99. The number of aryl methyl sites for hydroxylation is 1. The van der Waals surface area contributed by atoms with E-state index >= 15 is 0 Å². The van der Waals surface area contributed by atoms with E-state index in [-0.39, 0.29) is 23.3 Å². The van der Waals surface area contributed by atoms with Crippen molar-refractivity contribution in [1.29, 1.82) is 0 Å². The zero-order valence-electron chi connectivity index (χ0n) is 23.1. The van der Waals surface area contributed by atoms with E-state index in [9.17, 15) is 18.0 Å². The highest BCUT2D eigenvalue weighted by molar-refractivity contribution is 7.92. The van der Waals surface area contributed by atoms with E-state index in [1.807, 2.05) is 32.9 Å². The molecule has 3 aromatic carbocycles. The van der Waals surface area contributed by atoms with Gasteiger partial charge in [-0.25, -0.2) is 8.42 Å². The lowest BCUT2D eigenvalue weighted by atomic mass is 10.1. The Morgan fingerprint density at radius 1 is 0.875 bits per heavy atom. The maximum Gasteiger partial charge on any atom is 0.264 e. The van der Waals surface area contributed by atoms with Crippen molar-refractivity contribution in [2.24, 2.45) is 5.92 Å². The van der Waals surface area contributed by atoms with Gasteiger partial charge in [-0.05, 0) is 66.8 Å². The van der Waals surface area contributed by atoms with Crippen LogP contribution in [-0.4, -0.2) is 44.3 Å². The molecule has 0 radical (unpaired) electrons. The molecule has 3 aromatic rings. The number of carbonyl (C=O) groups is 2. The Morgan fingerprint density at radius 3 is 2.08 bits per heavy atom. The Kier molecular flexibility index (Phi) is 11.0. The number of rotatable bonds is 12. The highest BCUT2D eigenvalue weighted by Gasteiger charge is 2.32. The Balaban J connectivity index is 2.01. The van der Waals surface area contributed by atoms with Gasteiger partial charge in [0.05, 0.1) is 20.6 Å². The first-order valence-corrected chi connectivity index (χ1v) is 15.3. The maximum absolute atomic E-state index is 13.9. The lowest BCUT2D eigenvalue weighted by molar-refractivity contribution is -0.139. The van der Waals surface area contributed by atoms with Crippen LogP contribution in [0.15, 0.2) is 77.7 Å².